The Hall–Kier alpha value is -0.930. The second-order valence-electron chi connectivity index (χ2n) is 5.03. The fourth-order valence-corrected chi connectivity index (χ4v) is 2.63. The summed E-state index contributed by atoms with van der Waals surface area (Å²) in [4.78, 5) is 7.01. The van der Waals surface area contributed by atoms with Crippen LogP contribution >= 0.6 is 0 Å². The van der Waals surface area contributed by atoms with Gasteiger partial charge >= 0.3 is 0 Å². The van der Waals surface area contributed by atoms with Gasteiger partial charge in [-0.1, -0.05) is 6.07 Å². The SMILES string of the molecule is Cc1cccc(CN2CCCC(CCO)C2)n1. The largest absolute Gasteiger partial charge is 0.396 e. The minimum atomic E-state index is 0.321. The van der Waals surface area contributed by atoms with Crippen LogP contribution in [0.15, 0.2) is 18.2 Å². The molecule has 17 heavy (non-hydrogen) atoms. The Morgan fingerprint density at radius 2 is 2.35 bits per heavy atom. The summed E-state index contributed by atoms with van der Waals surface area (Å²) in [5.74, 6) is 0.665. The van der Waals surface area contributed by atoms with Gasteiger partial charge in [-0.05, 0) is 50.8 Å². The van der Waals surface area contributed by atoms with E-state index >= 15 is 0 Å². The van der Waals surface area contributed by atoms with Crippen LogP contribution in [0.25, 0.3) is 0 Å². The number of hydrogen-bond donors (Lipinski definition) is 1. The normalized spacial score (nSPS) is 21.6. The minimum Gasteiger partial charge on any atom is -0.396 e. The number of aryl methyl sites for hydroxylation is 1. The third-order valence-electron chi connectivity index (χ3n) is 3.47. The molecular formula is C14H22N2O. The van der Waals surface area contributed by atoms with Crippen LogP contribution < -0.4 is 0 Å². The molecule has 2 rings (SSSR count). The fourth-order valence-electron chi connectivity index (χ4n) is 2.63. The molecule has 3 heteroatoms. The first-order chi connectivity index (χ1) is 8.28. The van der Waals surface area contributed by atoms with E-state index in [0.717, 1.165) is 37.4 Å². The first-order valence-corrected chi connectivity index (χ1v) is 6.53. The van der Waals surface area contributed by atoms with Gasteiger partial charge in [0.15, 0.2) is 0 Å². The predicted octanol–water partition coefficient (Wildman–Crippen LogP) is 1.98. The van der Waals surface area contributed by atoms with Gasteiger partial charge in [-0.15, -0.1) is 0 Å². The molecule has 1 aliphatic heterocycles. The molecule has 0 spiro atoms. The molecule has 0 amide bonds. The first kappa shape index (κ1) is 12.5. The molecule has 0 aromatic carbocycles. The Bertz CT molecular complexity index is 352. The number of pyridine rings is 1. The number of aliphatic hydroxyl groups is 1. The van der Waals surface area contributed by atoms with Crippen LogP contribution in [0.4, 0.5) is 0 Å². The lowest BCUT2D eigenvalue weighted by Gasteiger charge is -2.32. The minimum absolute atomic E-state index is 0.321. The van der Waals surface area contributed by atoms with E-state index in [2.05, 4.69) is 22.0 Å². The Kier molecular flexibility index (Phi) is 4.51. The highest BCUT2D eigenvalue weighted by atomic mass is 16.3. The summed E-state index contributed by atoms with van der Waals surface area (Å²) in [7, 11) is 0. The Morgan fingerprint density at radius 3 is 3.12 bits per heavy atom. The molecule has 1 aliphatic rings. The van der Waals surface area contributed by atoms with Gasteiger partial charge in [0.05, 0.1) is 5.69 Å². The van der Waals surface area contributed by atoms with E-state index in [4.69, 9.17) is 5.11 Å². The van der Waals surface area contributed by atoms with Crippen LogP contribution in [-0.2, 0) is 6.54 Å². The second-order valence-corrected chi connectivity index (χ2v) is 5.03. The number of rotatable bonds is 4. The van der Waals surface area contributed by atoms with Crippen molar-refractivity contribution in [3.05, 3.63) is 29.6 Å². The zero-order chi connectivity index (χ0) is 12.1. The Balaban J connectivity index is 1.90. The maximum absolute atomic E-state index is 9.00. The first-order valence-electron chi connectivity index (χ1n) is 6.53. The third-order valence-corrected chi connectivity index (χ3v) is 3.47. The maximum atomic E-state index is 9.00. The van der Waals surface area contributed by atoms with Crippen LogP contribution in [0, 0.1) is 12.8 Å². The molecule has 0 aliphatic carbocycles. The van der Waals surface area contributed by atoms with E-state index in [1.807, 2.05) is 13.0 Å². The summed E-state index contributed by atoms with van der Waals surface area (Å²) in [6.45, 7) is 5.58. The molecule has 2 heterocycles. The molecule has 1 atom stereocenters. The third kappa shape index (κ3) is 3.79. The molecule has 0 bridgehead atoms. The number of nitrogens with zero attached hydrogens (tertiary/aromatic N) is 2. The Labute approximate surface area is 103 Å². The predicted molar refractivity (Wildman–Crippen MR) is 68.7 cm³/mol. The van der Waals surface area contributed by atoms with E-state index in [1.54, 1.807) is 0 Å². The molecule has 1 aromatic heterocycles. The summed E-state index contributed by atoms with van der Waals surface area (Å²) < 4.78 is 0. The van der Waals surface area contributed by atoms with Crippen molar-refractivity contribution in [1.29, 1.82) is 0 Å². The number of hydrogen-bond acceptors (Lipinski definition) is 3. The highest BCUT2D eigenvalue weighted by Gasteiger charge is 2.19. The zero-order valence-electron chi connectivity index (χ0n) is 10.6. The van der Waals surface area contributed by atoms with E-state index in [0.29, 0.717) is 12.5 Å². The molecule has 3 nitrogen and oxygen atoms in total. The van der Waals surface area contributed by atoms with Gasteiger partial charge in [-0.3, -0.25) is 9.88 Å². The van der Waals surface area contributed by atoms with Crippen molar-refractivity contribution >= 4 is 0 Å². The van der Waals surface area contributed by atoms with Gasteiger partial charge in [0.2, 0.25) is 0 Å². The van der Waals surface area contributed by atoms with Gasteiger partial charge in [-0.25, -0.2) is 0 Å². The van der Waals surface area contributed by atoms with Crippen molar-refractivity contribution in [3.8, 4) is 0 Å². The highest BCUT2D eigenvalue weighted by Crippen LogP contribution is 2.20. The highest BCUT2D eigenvalue weighted by molar-refractivity contribution is 5.09. The van der Waals surface area contributed by atoms with Crippen LogP contribution in [0.5, 0.6) is 0 Å². The van der Waals surface area contributed by atoms with Crippen LogP contribution in [-0.4, -0.2) is 34.7 Å². The van der Waals surface area contributed by atoms with E-state index in [9.17, 15) is 0 Å². The molecule has 1 saturated heterocycles. The average molecular weight is 234 g/mol. The topological polar surface area (TPSA) is 36.4 Å². The van der Waals surface area contributed by atoms with Gasteiger partial charge in [0.25, 0.3) is 0 Å². The van der Waals surface area contributed by atoms with Crippen LogP contribution in [0.1, 0.15) is 30.7 Å². The van der Waals surface area contributed by atoms with Gasteiger partial charge in [0, 0.05) is 25.4 Å². The van der Waals surface area contributed by atoms with Gasteiger partial charge in [0.1, 0.15) is 0 Å². The van der Waals surface area contributed by atoms with Crippen molar-refractivity contribution in [2.75, 3.05) is 19.7 Å². The van der Waals surface area contributed by atoms with Crippen LogP contribution in [0.3, 0.4) is 0 Å². The van der Waals surface area contributed by atoms with Gasteiger partial charge < -0.3 is 5.11 Å². The molecule has 94 valence electrons. The smallest absolute Gasteiger partial charge is 0.0547 e. The number of likely N-dealkylation sites (tertiary alicyclic amines) is 1. The summed E-state index contributed by atoms with van der Waals surface area (Å²) in [5.41, 5.74) is 2.25. The Morgan fingerprint density at radius 1 is 1.47 bits per heavy atom. The van der Waals surface area contributed by atoms with E-state index < -0.39 is 0 Å². The summed E-state index contributed by atoms with van der Waals surface area (Å²) >= 11 is 0. The molecular weight excluding hydrogens is 212 g/mol. The maximum Gasteiger partial charge on any atom is 0.0547 e. The van der Waals surface area contributed by atoms with Crippen molar-refractivity contribution in [2.24, 2.45) is 5.92 Å². The lowest BCUT2D eigenvalue weighted by molar-refractivity contribution is 0.141. The monoisotopic (exact) mass is 234 g/mol. The number of aliphatic hydroxyl groups excluding tert-OH is 1. The molecule has 0 radical (unpaired) electrons. The molecule has 1 N–H and O–H groups in total. The summed E-state index contributed by atoms with van der Waals surface area (Å²) in [5, 5.41) is 9.00. The van der Waals surface area contributed by atoms with Crippen molar-refractivity contribution < 1.29 is 5.11 Å². The van der Waals surface area contributed by atoms with E-state index in [-0.39, 0.29) is 0 Å². The number of aromatic nitrogens is 1. The quantitative estimate of drug-likeness (QED) is 0.865. The lowest BCUT2D eigenvalue weighted by Crippen LogP contribution is -2.35. The molecule has 0 saturated carbocycles. The standard InChI is InChI=1S/C14H22N2O/c1-12-4-2-6-14(15-12)11-16-8-3-5-13(10-16)7-9-17/h2,4,6,13,17H,3,5,7-11H2,1H3. The second kappa shape index (κ2) is 6.12. The summed E-state index contributed by atoms with van der Waals surface area (Å²) in [6.07, 6.45) is 3.45. The lowest BCUT2D eigenvalue weighted by atomic mass is 9.95. The zero-order valence-corrected chi connectivity index (χ0v) is 10.6. The van der Waals surface area contributed by atoms with E-state index in [1.165, 1.54) is 12.8 Å². The van der Waals surface area contributed by atoms with Crippen LogP contribution in [0.2, 0.25) is 0 Å². The fraction of sp³-hybridized carbons (Fsp3) is 0.643. The van der Waals surface area contributed by atoms with Crippen molar-refractivity contribution in [2.45, 2.75) is 32.7 Å². The summed E-state index contributed by atoms with van der Waals surface area (Å²) in [6, 6.07) is 6.21. The molecule has 1 aromatic rings. The molecule has 1 fully saturated rings. The molecule has 1 unspecified atom stereocenters. The number of piperidine rings is 1. The van der Waals surface area contributed by atoms with Gasteiger partial charge in [-0.2, -0.15) is 0 Å². The van der Waals surface area contributed by atoms with Crippen molar-refractivity contribution in [3.63, 3.8) is 0 Å². The average Bonchev–Trinajstić information content (AvgIpc) is 2.30. The van der Waals surface area contributed by atoms with Crippen molar-refractivity contribution in [1.82, 2.24) is 9.88 Å².